The lowest BCUT2D eigenvalue weighted by Crippen LogP contribution is -2.36. The van der Waals surface area contributed by atoms with Crippen LogP contribution in [0.5, 0.6) is 0 Å². The van der Waals surface area contributed by atoms with Gasteiger partial charge in [0.05, 0.1) is 18.9 Å². The van der Waals surface area contributed by atoms with Crippen molar-refractivity contribution >= 4 is 10.0 Å². The van der Waals surface area contributed by atoms with Gasteiger partial charge in [-0.05, 0) is 17.7 Å². The molecule has 1 aliphatic rings. The molecule has 0 aliphatic carbocycles. The number of sulfonamides is 1. The van der Waals surface area contributed by atoms with Crippen LogP contribution in [-0.4, -0.2) is 31.6 Å². The highest BCUT2D eigenvalue weighted by Gasteiger charge is 2.39. The van der Waals surface area contributed by atoms with E-state index in [2.05, 4.69) is 6.58 Å². The predicted molar refractivity (Wildman–Crippen MR) is 65.8 cm³/mol. The molecule has 0 amide bonds. The molecule has 0 N–H and O–H groups in total. The molecule has 0 spiro atoms. The van der Waals surface area contributed by atoms with Crippen molar-refractivity contribution in [3.63, 3.8) is 0 Å². The maximum Gasteiger partial charge on any atom is 0.214 e. The molecule has 1 aromatic carbocycles. The molecule has 2 atom stereocenters. The second-order valence-corrected chi connectivity index (χ2v) is 6.02. The Morgan fingerprint density at radius 3 is 2.56 bits per heavy atom. The van der Waals surface area contributed by atoms with Crippen LogP contribution < -0.4 is 0 Å². The minimum atomic E-state index is -3.43. The number of hydrogen-bond donors (Lipinski definition) is 0. The highest BCUT2D eigenvalue weighted by atomic mass is 32.2. The highest BCUT2D eigenvalue weighted by molar-refractivity contribution is 7.88. The number of nitrogens with zero attached hydrogens (tertiary/aromatic N) is 1. The number of rotatable bonds is 3. The van der Waals surface area contributed by atoms with E-state index in [-0.39, 0.29) is 12.4 Å². The average molecular weight is 271 g/mol. The van der Waals surface area contributed by atoms with E-state index in [4.69, 9.17) is 4.74 Å². The fraction of sp³-hybridized carbons (Fsp3) is 0.333. The maximum absolute atomic E-state index is 12.9. The Kier molecular flexibility index (Phi) is 3.52. The van der Waals surface area contributed by atoms with E-state index in [0.717, 1.165) is 6.26 Å². The van der Waals surface area contributed by atoms with E-state index in [1.165, 1.54) is 34.6 Å². The lowest BCUT2D eigenvalue weighted by atomic mass is 10.2. The van der Waals surface area contributed by atoms with Crippen LogP contribution in [0.3, 0.4) is 0 Å². The number of hydrogen-bond acceptors (Lipinski definition) is 3. The topological polar surface area (TPSA) is 46.6 Å². The second-order valence-electron chi connectivity index (χ2n) is 4.13. The van der Waals surface area contributed by atoms with Gasteiger partial charge in [-0.25, -0.2) is 12.8 Å². The summed E-state index contributed by atoms with van der Waals surface area (Å²) >= 11 is 0. The van der Waals surface area contributed by atoms with Crippen molar-refractivity contribution in [2.45, 2.75) is 12.3 Å². The molecule has 0 aromatic heterocycles. The molecule has 4 nitrogen and oxygen atoms in total. The highest BCUT2D eigenvalue weighted by Crippen LogP contribution is 2.33. The minimum Gasteiger partial charge on any atom is -0.356 e. The zero-order chi connectivity index (χ0) is 13.3. The summed E-state index contributed by atoms with van der Waals surface area (Å²) in [6.45, 7) is 3.85. The van der Waals surface area contributed by atoms with Crippen LogP contribution in [0, 0.1) is 5.82 Å². The smallest absolute Gasteiger partial charge is 0.214 e. The minimum absolute atomic E-state index is 0.249. The molecule has 0 saturated carbocycles. The van der Waals surface area contributed by atoms with Gasteiger partial charge in [0.2, 0.25) is 10.0 Å². The first-order valence-electron chi connectivity index (χ1n) is 5.41. The van der Waals surface area contributed by atoms with Crippen LogP contribution in [-0.2, 0) is 14.8 Å². The van der Waals surface area contributed by atoms with Gasteiger partial charge in [0.25, 0.3) is 0 Å². The van der Waals surface area contributed by atoms with Gasteiger partial charge in [0.15, 0.2) is 6.23 Å². The normalized spacial score (nSPS) is 25.2. The van der Waals surface area contributed by atoms with Crippen LogP contribution in [0.25, 0.3) is 0 Å². The quantitative estimate of drug-likeness (QED) is 0.786. The Hall–Kier alpha value is -1.24. The maximum atomic E-state index is 12.9. The molecule has 2 rings (SSSR count). The number of halogens is 1. The van der Waals surface area contributed by atoms with Gasteiger partial charge < -0.3 is 4.74 Å². The van der Waals surface area contributed by atoms with Crippen LogP contribution in [0.15, 0.2) is 36.9 Å². The predicted octanol–water partition coefficient (Wildman–Crippen LogP) is 1.67. The van der Waals surface area contributed by atoms with Crippen molar-refractivity contribution in [2.75, 3.05) is 12.9 Å². The van der Waals surface area contributed by atoms with Crippen LogP contribution in [0.2, 0.25) is 0 Å². The molecule has 1 fully saturated rings. The van der Waals surface area contributed by atoms with E-state index in [9.17, 15) is 12.8 Å². The van der Waals surface area contributed by atoms with Crippen LogP contribution in [0.4, 0.5) is 4.39 Å². The standard InChI is InChI=1S/C12H14FNO3S/c1-3-11-8-17-12(14(11)18(2,15)16)9-4-6-10(13)7-5-9/h3-7,11-12H,1,8H2,2H3/t11-,12-/m0/s1. The molecule has 1 saturated heterocycles. The summed E-state index contributed by atoms with van der Waals surface area (Å²) in [5, 5.41) is 0. The summed E-state index contributed by atoms with van der Waals surface area (Å²) in [5.74, 6) is -0.372. The summed E-state index contributed by atoms with van der Waals surface area (Å²) in [6, 6.07) is 5.20. The molecule has 6 heteroatoms. The Bertz CT molecular complexity index is 541. The fourth-order valence-corrected chi connectivity index (χ4v) is 3.14. The largest absolute Gasteiger partial charge is 0.356 e. The summed E-state index contributed by atoms with van der Waals surface area (Å²) in [6.07, 6.45) is 1.93. The van der Waals surface area contributed by atoms with Crippen molar-refractivity contribution in [3.05, 3.63) is 48.3 Å². The van der Waals surface area contributed by atoms with Gasteiger partial charge in [-0.3, -0.25) is 0 Å². The van der Waals surface area contributed by atoms with E-state index < -0.39 is 22.3 Å². The zero-order valence-electron chi connectivity index (χ0n) is 9.91. The third kappa shape index (κ3) is 2.45. The lowest BCUT2D eigenvalue weighted by Gasteiger charge is -2.24. The van der Waals surface area contributed by atoms with Gasteiger partial charge in [0, 0.05) is 0 Å². The van der Waals surface area contributed by atoms with Crippen molar-refractivity contribution in [3.8, 4) is 0 Å². The van der Waals surface area contributed by atoms with Gasteiger partial charge in [-0.15, -0.1) is 6.58 Å². The van der Waals surface area contributed by atoms with E-state index >= 15 is 0 Å². The zero-order valence-corrected chi connectivity index (χ0v) is 10.7. The van der Waals surface area contributed by atoms with E-state index in [1.807, 2.05) is 0 Å². The molecule has 0 bridgehead atoms. The summed E-state index contributed by atoms with van der Waals surface area (Å²) < 4.78 is 43.1. The Morgan fingerprint density at radius 2 is 2.06 bits per heavy atom. The summed E-state index contributed by atoms with van der Waals surface area (Å²) in [4.78, 5) is 0. The molecule has 1 aliphatic heterocycles. The molecular weight excluding hydrogens is 257 g/mol. The van der Waals surface area contributed by atoms with Crippen molar-refractivity contribution in [2.24, 2.45) is 0 Å². The van der Waals surface area contributed by atoms with Crippen molar-refractivity contribution in [1.82, 2.24) is 4.31 Å². The lowest BCUT2D eigenvalue weighted by molar-refractivity contribution is 0.0684. The van der Waals surface area contributed by atoms with E-state index in [1.54, 1.807) is 0 Å². The molecule has 0 unspecified atom stereocenters. The molecule has 0 radical (unpaired) electrons. The monoisotopic (exact) mass is 271 g/mol. The molecular formula is C12H14FNO3S. The third-order valence-corrected chi connectivity index (χ3v) is 4.02. The molecule has 1 aromatic rings. The third-order valence-electron chi connectivity index (χ3n) is 2.79. The van der Waals surface area contributed by atoms with Crippen LogP contribution in [0.1, 0.15) is 11.8 Å². The summed E-state index contributed by atoms with van der Waals surface area (Å²) in [5.41, 5.74) is 0.603. The molecule has 1 heterocycles. The van der Waals surface area contributed by atoms with Gasteiger partial charge in [0.1, 0.15) is 5.82 Å². The van der Waals surface area contributed by atoms with Crippen LogP contribution >= 0.6 is 0 Å². The van der Waals surface area contributed by atoms with Gasteiger partial charge >= 0.3 is 0 Å². The van der Waals surface area contributed by atoms with Crippen molar-refractivity contribution < 1.29 is 17.5 Å². The number of benzene rings is 1. The number of ether oxygens (including phenoxy) is 1. The summed E-state index contributed by atoms with van der Waals surface area (Å²) in [7, 11) is -3.43. The Labute approximate surface area is 106 Å². The molecule has 18 heavy (non-hydrogen) atoms. The first-order valence-corrected chi connectivity index (χ1v) is 7.26. The van der Waals surface area contributed by atoms with Crippen molar-refractivity contribution in [1.29, 1.82) is 0 Å². The SMILES string of the molecule is C=C[C@H]1CO[C@@H](c2ccc(F)cc2)N1S(C)(=O)=O. The van der Waals surface area contributed by atoms with Gasteiger partial charge in [-0.2, -0.15) is 4.31 Å². The average Bonchev–Trinajstić information content (AvgIpc) is 2.73. The first kappa shape index (κ1) is 13.2. The Balaban J connectivity index is 2.38. The fourth-order valence-electron chi connectivity index (χ4n) is 1.97. The Morgan fingerprint density at radius 1 is 1.44 bits per heavy atom. The van der Waals surface area contributed by atoms with E-state index in [0.29, 0.717) is 5.56 Å². The second kappa shape index (κ2) is 4.79. The molecule has 98 valence electrons. The first-order chi connectivity index (χ1) is 8.43. The van der Waals surface area contributed by atoms with Gasteiger partial charge in [-0.1, -0.05) is 18.2 Å².